The third-order valence-corrected chi connectivity index (χ3v) is 2.85. The SMILES string of the molecule is CCNCc1oc(CN(C)CCOCC)cc1C. The molecule has 0 unspecified atom stereocenters. The molecule has 0 saturated heterocycles. The number of ether oxygens (including phenoxy) is 1. The fourth-order valence-corrected chi connectivity index (χ4v) is 1.79. The number of hydrogen-bond acceptors (Lipinski definition) is 4. The molecular weight excluding hydrogens is 228 g/mol. The minimum Gasteiger partial charge on any atom is -0.463 e. The molecule has 0 amide bonds. The van der Waals surface area contributed by atoms with Crippen molar-refractivity contribution in [1.82, 2.24) is 10.2 Å². The van der Waals surface area contributed by atoms with Crippen LogP contribution in [-0.2, 0) is 17.8 Å². The number of furan rings is 1. The predicted octanol–water partition coefficient (Wildman–Crippen LogP) is 2.17. The average Bonchev–Trinajstić information content (AvgIpc) is 2.67. The highest BCUT2D eigenvalue weighted by atomic mass is 16.5. The van der Waals surface area contributed by atoms with Crippen LogP contribution in [-0.4, -0.2) is 38.3 Å². The van der Waals surface area contributed by atoms with Crippen LogP contribution in [0.2, 0.25) is 0 Å². The molecule has 0 aliphatic heterocycles. The smallest absolute Gasteiger partial charge is 0.120 e. The van der Waals surface area contributed by atoms with Gasteiger partial charge < -0.3 is 14.5 Å². The molecule has 0 radical (unpaired) electrons. The zero-order valence-corrected chi connectivity index (χ0v) is 12.1. The molecule has 0 aliphatic rings. The van der Waals surface area contributed by atoms with Crippen LogP contribution in [0, 0.1) is 6.92 Å². The molecule has 1 N–H and O–H groups in total. The Morgan fingerprint density at radius 2 is 2.17 bits per heavy atom. The van der Waals surface area contributed by atoms with Gasteiger partial charge >= 0.3 is 0 Å². The summed E-state index contributed by atoms with van der Waals surface area (Å²) in [6.07, 6.45) is 0. The summed E-state index contributed by atoms with van der Waals surface area (Å²) in [6.45, 7) is 11.3. The van der Waals surface area contributed by atoms with Crippen LogP contribution in [0.3, 0.4) is 0 Å². The van der Waals surface area contributed by atoms with Crippen LogP contribution in [0.25, 0.3) is 0 Å². The lowest BCUT2D eigenvalue weighted by molar-refractivity contribution is 0.118. The molecule has 104 valence electrons. The quantitative estimate of drug-likeness (QED) is 0.685. The lowest BCUT2D eigenvalue weighted by atomic mass is 10.2. The molecule has 4 heteroatoms. The van der Waals surface area contributed by atoms with E-state index >= 15 is 0 Å². The molecule has 4 nitrogen and oxygen atoms in total. The van der Waals surface area contributed by atoms with E-state index in [1.165, 1.54) is 5.56 Å². The Kier molecular flexibility index (Phi) is 7.01. The van der Waals surface area contributed by atoms with Gasteiger partial charge in [-0.1, -0.05) is 6.92 Å². The van der Waals surface area contributed by atoms with Gasteiger partial charge in [-0.05, 0) is 39.1 Å². The molecule has 0 atom stereocenters. The molecule has 0 fully saturated rings. The first-order valence-electron chi connectivity index (χ1n) is 6.72. The molecule has 0 bridgehead atoms. The van der Waals surface area contributed by atoms with Crippen molar-refractivity contribution in [3.63, 3.8) is 0 Å². The second-order valence-electron chi connectivity index (χ2n) is 4.53. The van der Waals surface area contributed by atoms with Crippen molar-refractivity contribution in [2.24, 2.45) is 0 Å². The van der Waals surface area contributed by atoms with Crippen LogP contribution in [0.4, 0.5) is 0 Å². The summed E-state index contributed by atoms with van der Waals surface area (Å²) in [5.41, 5.74) is 1.23. The van der Waals surface area contributed by atoms with Crippen LogP contribution in [0.5, 0.6) is 0 Å². The number of rotatable bonds is 9. The standard InChI is InChI=1S/C14H26N2O2/c1-5-15-10-14-12(3)9-13(18-14)11-16(4)7-8-17-6-2/h9,15H,5-8,10-11H2,1-4H3. The maximum absolute atomic E-state index is 5.85. The van der Waals surface area contributed by atoms with Crippen molar-refractivity contribution < 1.29 is 9.15 Å². The molecule has 0 saturated carbocycles. The van der Waals surface area contributed by atoms with E-state index in [1.54, 1.807) is 0 Å². The molecule has 0 spiro atoms. The van der Waals surface area contributed by atoms with Crippen molar-refractivity contribution in [3.8, 4) is 0 Å². The zero-order valence-electron chi connectivity index (χ0n) is 12.1. The summed E-state index contributed by atoms with van der Waals surface area (Å²) >= 11 is 0. The zero-order chi connectivity index (χ0) is 13.4. The van der Waals surface area contributed by atoms with E-state index in [0.29, 0.717) is 0 Å². The molecule has 1 rings (SSSR count). The van der Waals surface area contributed by atoms with Crippen molar-refractivity contribution >= 4 is 0 Å². The summed E-state index contributed by atoms with van der Waals surface area (Å²) < 4.78 is 11.2. The Labute approximate surface area is 110 Å². The van der Waals surface area contributed by atoms with Gasteiger partial charge in [-0.3, -0.25) is 4.90 Å². The molecule has 1 heterocycles. The van der Waals surface area contributed by atoms with E-state index in [0.717, 1.165) is 50.9 Å². The van der Waals surface area contributed by atoms with Gasteiger partial charge in [-0.25, -0.2) is 0 Å². The van der Waals surface area contributed by atoms with E-state index in [-0.39, 0.29) is 0 Å². The third-order valence-electron chi connectivity index (χ3n) is 2.85. The number of aryl methyl sites for hydroxylation is 1. The van der Waals surface area contributed by atoms with Crippen molar-refractivity contribution in [2.45, 2.75) is 33.9 Å². The molecule has 1 aromatic rings. The number of nitrogens with zero attached hydrogens (tertiary/aromatic N) is 1. The molecule has 0 aliphatic carbocycles. The molecular formula is C14H26N2O2. The summed E-state index contributed by atoms with van der Waals surface area (Å²) in [5.74, 6) is 2.07. The van der Waals surface area contributed by atoms with Crippen molar-refractivity contribution in [3.05, 3.63) is 23.2 Å². The van der Waals surface area contributed by atoms with E-state index in [1.807, 2.05) is 6.92 Å². The monoisotopic (exact) mass is 254 g/mol. The Morgan fingerprint density at radius 3 is 2.83 bits per heavy atom. The van der Waals surface area contributed by atoms with E-state index < -0.39 is 0 Å². The lowest BCUT2D eigenvalue weighted by Crippen LogP contribution is -2.22. The summed E-state index contributed by atoms with van der Waals surface area (Å²) in [4.78, 5) is 2.21. The van der Waals surface area contributed by atoms with Crippen LogP contribution < -0.4 is 5.32 Å². The van der Waals surface area contributed by atoms with Gasteiger partial charge in [0.1, 0.15) is 11.5 Å². The number of nitrogens with one attached hydrogen (secondary N) is 1. The highest BCUT2D eigenvalue weighted by Crippen LogP contribution is 2.15. The second kappa shape index (κ2) is 8.29. The van der Waals surface area contributed by atoms with Gasteiger partial charge in [0.25, 0.3) is 0 Å². The minimum absolute atomic E-state index is 0.775. The van der Waals surface area contributed by atoms with Crippen molar-refractivity contribution in [1.29, 1.82) is 0 Å². The average molecular weight is 254 g/mol. The Hall–Kier alpha value is -0.840. The van der Waals surface area contributed by atoms with E-state index in [4.69, 9.17) is 9.15 Å². The van der Waals surface area contributed by atoms with E-state index in [2.05, 4.69) is 37.2 Å². The van der Waals surface area contributed by atoms with Gasteiger partial charge in [-0.2, -0.15) is 0 Å². The first kappa shape index (κ1) is 15.2. The Bertz CT molecular complexity index is 337. The minimum atomic E-state index is 0.775. The predicted molar refractivity (Wildman–Crippen MR) is 73.7 cm³/mol. The lowest BCUT2D eigenvalue weighted by Gasteiger charge is -2.14. The summed E-state index contributed by atoms with van der Waals surface area (Å²) in [6, 6.07) is 2.13. The van der Waals surface area contributed by atoms with Gasteiger partial charge in [0.2, 0.25) is 0 Å². The maximum Gasteiger partial charge on any atom is 0.120 e. The topological polar surface area (TPSA) is 37.6 Å². The highest BCUT2D eigenvalue weighted by Gasteiger charge is 2.09. The first-order chi connectivity index (χ1) is 8.67. The van der Waals surface area contributed by atoms with Gasteiger partial charge in [0.15, 0.2) is 0 Å². The Balaban J connectivity index is 2.41. The fraction of sp³-hybridized carbons (Fsp3) is 0.714. The highest BCUT2D eigenvalue weighted by molar-refractivity contribution is 5.19. The fourth-order valence-electron chi connectivity index (χ4n) is 1.79. The first-order valence-corrected chi connectivity index (χ1v) is 6.72. The summed E-state index contributed by atoms with van der Waals surface area (Å²) in [7, 11) is 2.08. The normalized spacial score (nSPS) is 11.4. The van der Waals surface area contributed by atoms with Crippen LogP contribution in [0.15, 0.2) is 10.5 Å². The molecule has 1 aromatic heterocycles. The Morgan fingerprint density at radius 1 is 1.39 bits per heavy atom. The van der Waals surface area contributed by atoms with Gasteiger partial charge in [0, 0.05) is 13.2 Å². The molecule has 0 aromatic carbocycles. The maximum atomic E-state index is 5.85. The summed E-state index contributed by atoms with van der Waals surface area (Å²) in [5, 5.41) is 3.29. The van der Waals surface area contributed by atoms with Gasteiger partial charge in [-0.15, -0.1) is 0 Å². The van der Waals surface area contributed by atoms with Crippen molar-refractivity contribution in [2.75, 3.05) is 33.4 Å². The van der Waals surface area contributed by atoms with Crippen LogP contribution >= 0.6 is 0 Å². The third kappa shape index (κ3) is 5.21. The largest absolute Gasteiger partial charge is 0.463 e. The number of hydrogen-bond donors (Lipinski definition) is 1. The van der Waals surface area contributed by atoms with E-state index in [9.17, 15) is 0 Å². The van der Waals surface area contributed by atoms with Gasteiger partial charge in [0.05, 0.1) is 19.7 Å². The molecule has 18 heavy (non-hydrogen) atoms. The van der Waals surface area contributed by atoms with Crippen LogP contribution in [0.1, 0.15) is 30.9 Å². The number of likely N-dealkylation sites (N-methyl/N-ethyl adjacent to an activating group) is 1. The second-order valence-corrected chi connectivity index (χ2v) is 4.53.